The third-order valence-corrected chi connectivity index (χ3v) is 1.94. The van der Waals surface area contributed by atoms with Gasteiger partial charge in [0.1, 0.15) is 11.8 Å². The van der Waals surface area contributed by atoms with E-state index in [1.807, 2.05) is 6.92 Å². The van der Waals surface area contributed by atoms with Gasteiger partial charge >= 0.3 is 0 Å². The molecule has 0 fully saturated rings. The van der Waals surface area contributed by atoms with Gasteiger partial charge in [0, 0.05) is 0 Å². The summed E-state index contributed by atoms with van der Waals surface area (Å²) in [5, 5.41) is 7.53. The molecule has 4 nitrogen and oxygen atoms in total. The second-order valence-corrected chi connectivity index (χ2v) is 2.85. The second-order valence-electron chi connectivity index (χ2n) is 1.87. The summed E-state index contributed by atoms with van der Waals surface area (Å²) in [6, 6.07) is 0. The van der Waals surface area contributed by atoms with Crippen molar-refractivity contribution in [3.05, 3.63) is 11.2 Å². The van der Waals surface area contributed by atoms with Crippen LogP contribution in [0, 0.1) is 6.92 Å². The lowest BCUT2D eigenvalue weighted by molar-refractivity contribution is 1.02. The molecule has 0 aromatic carbocycles. The molecular formula is C5H4N4S. The summed E-state index contributed by atoms with van der Waals surface area (Å²) in [7, 11) is 0. The highest BCUT2D eigenvalue weighted by Gasteiger charge is 2.01. The quantitative estimate of drug-likeness (QED) is 0.560. The Labute approximate surface area is 61.1 Å². The molecule has 0 unspecified atom stereocenters. The van der Waals surface area contributed by atoms with Crippen LogP contribution < -0.4 is 0 Å². The lowest BCUT2D eigenvalue weighted by Gasteiger charge is -1.81. The van der Waals surface area contributed by atoms with Gasteiger partial charge in [0.05, 0.1) is 4.88 Å². The maximum atomic E-state index is 4.05. The van der Waals surface area contributed by atoms with Gasteiger partial charge in [0.2, 0.25) is 0 Å². The first-order chi connectivity index (χ1) is 4.88. The van der Waals surface area contributed by atoms with Crippen LogP contribution in [-0.2, 0) is 0 Å². The van der Waals surface area contributed by atoms with Crippen molar-refractivity contribution in [1.29, 1.82) is 0 Å². The van der Waals surface area contributed by atoms with Crippen LogP contribution in [0.2, 0.25) is 0 Å². The summed E-state index contributed by atoms with van der Waals surface area (Å²) in [6.07, 6.45) is 1.40. The van der Waals surface area contributed by atoms with E-state index in [2.05, 4.69) is 19.6 Å². The maximum Gasteiger partial charge on any atom is 0.195 e. The minimum absolute atomic E-state index is 0.692. The van der Waals surface area contributed by atoms with E-state index in [-0.39, 0.29) is 0 Å². The van der Waals surface area contributed by atoms with Crippen molar-refractivity contribution in [3.63, 3.8) is 0 Å². The molecule has 0 aliphatic rings. The number of rotatable bonds is 0. The van der Waals surface area contributed by atoms with Gasteiger partial charge in [-0.3, -0.25) is 0 Å². The first-order valence-electron chi connectivity index (χ1n) is 2.77. The molecule has 2 aromatic rings. The summed E-state index contributed by atoms with van der Waals surface area (Å²) in [6.45, 7) is 1.95. The summed E-state index contributed by atoms with van der Waals surface area (Å²) in [4.78, 5) is 4.99. The molecule has 0 N–H and O–H groups in total. The van der Waals surface area contributed by atoms with Crippen molar-refractivity contribution < 1.29 is 0 Å². The summed E-state index contributed by atoms with van der Waals surface area (Å²) in [5.74, 6) is 0. The van der Waals surface area contributed by atoms with Gasteiger partial charge in [-0.25, -0.2) is 4.98 Å². The number of nitrogens with zero attached hydrogens (tertiary/aromatic N) is 4. The fourth-order valence-corrected chi connectivity index (χ4v) is 1.30. The molecule has 10 heavy (non-hydrogen) atoms. The van der Waals surface area contributed by atoms with Gasteiger partial charge in [-0.1, -0.05) is 0 Å². The van der Waals surface area contributed by atoms with Gasteiger partial charge in [-0.15, -0.1) is 10.2 Å². The minimum Gasteiger partial charge on any atom is -0.212 e. The fourth-order valence-electron chi connectivity index (χ4n) is 0.720. The van der Waals surface area contributed by atoms with Crippen molar-refractivity contribution in [1.82, 2.24) is 19.6 Å². The van der Waals surface area contributed by atoms with E-state index >= 15 is 0 Å². The van der Waals surface area contributed by atoms with E-state index in [1.54, 1.807) is 0 Å². The number of hydrogen-bond donors (Lipinski definition) is 0. The van der Waals surface area contributed by atoms with E-state index in [1.165, 1.54) is 17.9 Å². The number of hydrogen-bond acceptors (Lipinski definition) is 5. The standard InChI is InChI=1S/C5H4N4S/c1-3-4-5(9-10-3)6-2-7-8-4/h2H,1H3. The lowest BCUT2D eigenvalue weighted by atomic mass is 10.5. The third-order valence-electron chi connectivity index (χ3n) is 1.20. The van der Waals surface area contributed by atoms with Crippen molar-refractivity contribution in [2.45, 2.75) is 6.92 Å². The Bertz CT molecular complexity index is 355. The Kier molecular flexibility index (Phi) is 1.10. The molecule has 50 valence electrons. The van der Waals surface area contributed by atoms with E-state index < -0.39 is 0 Å². The predicted molar refractivity (Wildman–Crippen MR) is 37.7 cm³/mol. The van der Waals surface area contributed by atoms with Crippen molar-refractivity contribution >= 4 is 22.7 Å². The summed E-state index contributed by atoms with van der Waals surface area (Å²) >= 11 is 1.40. The molecular weight excluding hydrogens is 148 g/mol. The highest BCUT2D eigenvalue weighted by Crippen LogP contribution is 2.14. The highest BCUT2D eigenvalue weighted by atomic mass is 32.1. The lowest BCUT2D eigenvalue weighted by Crippen LogP contribution is -1.83. The predicted octanol–water partition coefficient (Wildman–Crippen LogP) is 0.790. The average Bonchev–Trinajstić information content (AvgIpc) is 2.34. The molecule has 2 rings (SSSR count). The minimum atomic E-state index is 0.692. The van der Waals surface area contributed by atoms with Gasteiger partial charge in [-0.05, 0) is 18.5 Å². The average molecular weight is 152 g/mol. The first-order valence-corrected chi connectivity index (χ1v) is 3.55. The molecule has 0 aliphatic heterocycles. The van der Waals surface area contributed by atoms with Crippen molar-refractivity contribution in [3.8, 4) is 0 Å². The SMILES string of the molecule is Cc1snc2ncnnc12. The van der Waals surface area contributed by atoms with E-state index in [4.69, 9.17) is 0 Å². The zero-order chi connectivity index (χ0) is 6.97. The van der Waals surface area contributed by atoms with Crippen LogP contribution in [0.4, 0.5) is 0 Å². The molecule has 2 heterocycles. The van der Waals surface area contributed by atoms with Crippen LogP contribution in [0.25, 0.3) is 11.2 Å². The second kappa shape index (κ2) is 1.95. The fraction of sp³-hybridized carbons (Fsp3) is 0.200. The smallest absolute Gasteiger partial charge is 0.195 e. The molecule has 0 aliphatic carbocycles. The Balaban J connectivity index is 2.93. The Morgan fingerprint density at radius 3 is 3.20 bits per heavy atom. The third kappa shape index (κ3) is 0.672. The summed E-state index contributed by atoms with van der Waals surface area (Å²) < 4.78 is 4.05. The molecule has 0 saturated carbocycles. The highest BCUT2D eigenvalue weighted by molar-refractivity contribution is 7.07. The molecule has 2 aromatic heterocycles. The largest absolute Gasteiger partial charge is 0.212 e. The molecule has 0 atom stereocenters. The van der Waals surface area contributed by atoms with E-state index in [0.29, 0.717) is 5.65 Å². The van der Waals surface area contributed by atoms with Crippen LogP contribution in [0.1, 0.15) is 4.88 Å². The van der Waals surface area contributed by atoms with Gasteiger partial charge < -0.3 is 0 Å². The number of aryl methyl sites for hydroxylation is 1. The Morgan fingerprint density at radius 2 is 2.40 bits per heavy atom. The van der Waals surface area contributed by atoms with Crippen LogP contribution in [0.15, 0.2) is 6.33 Å². The first kappa shape index (κ1) is 5.67. The number of aromatic nitrogens is 4. The van der Waals surface area contributed by atoms with Crippen LogP contribution in [0.3, 0.4) is 0 Å². The summed E-state index contributed by atoms with van der Waals surface area (Å²) in [5.41, 5.74) is 1.50. The molecule has 5 heteroatoms. The Morgan fingerprint density at radius 1 is 1.50 bits per heavy atom. The molecule has 0 saturated heterocycles. The van der Waals surface area contributed by atoms with Gasteiger partial charge in [-0.2, -0.15) is 4.37 Å². The van der Waals surface area contributed by atoms with Crippen LogP contribution in [0.5, 0.6) is 0 Å². The molecule has 0 spiro atoms. The molecule has 0 radical (unpaired) electrons. The topological polar surface area (TPSA) is 51.6 Å². The zero-order valence-electron chi connectivity index (χ0n) is 5.27. The Hall–Kier alpha value is -1.10. The van der Waals surface area contributed by atoms with Gasteiger partial charge in [0.15, 0.2) is 5.65 Å². The monoisotopic (exact) mass is 152 g/mol. The normalized spacial score (nSPS) is 10.5. The maximum absolute atomic E-state index is 4.05. The van der Waals surface area contributed by atoms with Crippen molar-refractivity contribution in [2.24, 2.45) is 0 Å². The zero-order valence-corrected chi connectivity index (χ0v) is 6.09. The molecule has 0 bridgehead atoms. The number of fused-ring (bicyclic) bond motifs is 1. The van der Waals surface area contributed by atoms with Crippen LogP contribution in [-0.4, -0.2) is 19.6 Å². The van der Waals surface area contributed by atoms with E-state index in [9.17, 15) is 0 Å². The van der Waals surface area contributed by atoms with Crippen LogP contribution >= 0.6 is 11.5 Å². The van der Waals surface area contributed by atoms with Crippen molar-refractivity contribution in [2.75, 3.05) is 0 Å². The van der Waals surface area contributed by atoms with Gasteiger partial charge in [0.25, 0.3) is 0 Å². The van der Waals surface area contributed by atoms with E-state index in [0.717, 1.165) is 10.4 Å². The molecule has 0 amide bonds.